The van der Waals surface area contributed by atoms with E-state index in [4.69, 9.17) is 0 Å². The molecule has 0 aliphatic carbocycles. The van der Waals surface area contributed by atoms with Gasteiger partial charge in [0.05, 0.1) is 0 Å². The largest absolute Gasteiger partial charge is 0.356 e. The van der Waals surface area contributed by atoms with Crippen molar-refractivity contribution in [1.82, 2.24) is 10.6 Å². The number of carbonyl (C=O) groups is 1. The molecule has 0 spiro atoms. The Morgan fingerprint density at radius 1 is 1.50 bits per heavy atom. The molecule has 3 nitrogen and oxygen atoms in total. The van der Waals surface area contributed by atoms with Crippen LogP contribution < -0.4 is 10.6 Å². The molecule has 2 N–H and O–H groups in total. The summed E-state index contributed by atoms with van der Waals surface area (Å²) < 4.78 is 13.0. The molecule has 2 unspecified atom stereocenters. The van der Waals surface area contributed by atoms with Gasteiger partial charge in [0.25, 0.3) is 0 Å². The van der Waals surface area contributed by atoms with E-state index < -0.39 is 0 Å². The first-order valence-electron chi connectivity index (χ1n) is 7.32. The van der Waals surface area contributed by atoms with Gasteiger partial charge in [-0.05, 0) is 62.9 Å². The van der Waals surface area contributed by atoms with Crippen molar-refractivity contribution in [3.05, 3.63) is 35.1 Å². The average Bonchev–Trinajstić information content (AvgIpc) is 2.41. The molecule has 4 heteroatoms. The van der Waals surface area contributed by atoms with Crippen LogP contribution in [0.5, 0.6) is 0 Å². The number of nitrogens with one attached hydrogen (secondary N) is 2. The molecule has 1 aliphatic heterocycles. The van der Waals surface area contributed by atoms with Crippen molar-refractivity contribution in [3.63, 3.8) is 0 Å². The lowest BCUT2D eigenvalue weighted by molar-refractivity contribution is -0.126. The van der Waals surface area contributed by atoms with Crippen LogP contribution in [0.1, 0.15) is 30.9 Å². The molecule has 1 amide bonds. The van der Waals surface area contributed by atoms with Gasteiger partial charge in [-0.1, -0.05) is 6.07 Å². The lowest BCUT2D eigenvalue weighted by atomic mass is 9.92. The molecular formula is C16H23FN2O. The normalized spacial score (nSPS) is 22.6. The number of hydrogen-bond acceptors (Lipinski definition) is 2. The molecule has 1 aromatic carbocycles. The van der Waals surface area contributed by atoms with Crippen LogP contribution in [0.15, 0.2) is 18.2 Å². The lowest BCUT2D eigenvalue weighted by Crippen LogP contribution is -2.42. The molecule has 0 radical (unpaired) electrons. The van der Waals surface area contributed by atoms with Crippen LogP contribution in [0.2, 0.25) is 0 Å². The predicted octanol–water partition coefficient (Wildman–Crippen LogP) is 2.18. The molecular weight excluding hydrogens is 255 g/mol. The lowest BCUT2D eigenvalue weighted by Gasteiger charge is -2.27. The van der Waals surface area contributed by atoms with E-state index in [-0.39, 0.29) is 17.6 Å². The van der Waals surface area contributed by atoms with Crippen LogP contribution in [0.3, 0.4) is 0 Å². The SMILES string of the molecule is Cc1cc(F)ccc1CCNC(=O)C1CCNC(C)C1. The summed E-state index contributed by atoms with van der Waals surface area (Å²) in [5, 5.41) is 6.35. The molecule has 1 aliphatic rings. The fraction of sp³-hybridized carbons (Fsp3) is 0.562. The molecule has 1 heterocycles. The second-order valence-corrected chi connectivity index (χ2v) is 5.69. The van der Waals surface area contributed by atoms with Crippen LogP contribution in [-0.2, 0) is 11.2 Å². The molecule has 0 bridgehead atoms. The maximum atomic E-state index is 13.0. The molecule has 0 aromatic heterocycles. The zero-order chi connectivity index (χ0) is 14.5. The smallest absolute Gasteiger partial charge is 0.223 e. The Morgan fingerprint density at radius 2 is 2.30 bits per heavy atom. The third kappa shape index (κ3) is 4.04. The number of aryl methyl sites for hydroxylation is 1. The van der Waals surface area contributed by atoms with Gasteiger partial charge in [0.1, 0.15) is 5.82 Å². The predicted molar refractivity (Wildman–Crippen MR) is 78.0 cm³/mol. The highest BCUT2D eigenvalue weighted by Gasteiger charge is 2.24. The number of piperidine rings is 1. The van der Waals surface area contributed by atoms with Gasteiger partial charge in [-0.25, -0.2) is 4.39 Å². The molecule has 1 fully saturated rings. The number of carbonyl (C=O) groups excluding carboxylic acids is 1. The van der Waals surface area contributed by atoms with Crippen molar-refractivity contribution >= 4 is 5.91 Å². The highest BCUT2D eigenvalue weighted by atomic mass is 19.1. The minimum atomic E-state index is -0.209. The van der Waals surface area contributed by atoms with Gasteiger partial charge >= 0.3 is 0 Å². The Bertz CT molecular complexity index is 476. The van der Waals surface area contributed by atoms with Gasteiger partial charge in [-0.2, -0.15) is 0 Å². The Labute approximate surface area is 120 Å². The van der Waals surface area contributed by atoms with Gasteiger partial charge in [0, 0.05) is 18.5 Å². The van der Waals surface area contributed by atoms with E-state index in [9.17, 15) is 9.18 Å². The van der Waals surface area contributed by atoms with E-state index in [1.54, 1.807) is 6.07 Å². The van der Waals surface area contributed by atoms with E-state index in [0.29, 0.717) is 12.6 Å². The summed E-state index contributed by atoms with van der Waals surface area (Å²) in [6.45, 7) is 5.54. The molecule has 20 heavy (non-hydrogen) atoms. The van der Waals surface area contributed by atoms with Gasteiger partial charge in [-0.15, -0.1) is 0 Å². The summed E-state index contributed by atoms with van der Waals surface area (Å²) in [6.07, 6.45) is 2.56. The van der Waals surface area contributed by atoms with E-state index in [2.05, 4.69) is 17.6 Å². The molecule has 2 atom stereocenters. The van der Waals surface area contributed by atoms with Crippen molar-refractivity contribution < 1.29 is 9.18 Å². The molecule has 110 valence electrons. The third-order valence-corrected chi connectivity index (χ3v) is 3.99. The summed E-state index contributed by atoms with van der Waals surface area (Å²) in [5.41, 5.74) is 2.03. The van der Waals surface area contributed by atoms with Gasteiger partial charge in [0.15, 0.2) is 0 Å². The van der Waals surface area contributed by atoms with Gasteiger partial charge in [0.2, 0.25) is 5.91 Å². The standard InChI is InChI=1S/C16H23FN2O/c1-11-9-15(17)4-3-13(11)5-8-19-16(20)14-6-7-18-12(2)10-14/h3-4,9,12,14,18H,5-8,10H2,1-2H3,(H,19,20). The van der Waals surface area contributed by atoms with E-state index >= 15 is 0 Å². The highest BCUT2D eigenvalue weighted by molar-refractivity contribution is 5.78. The zero-order valence-electron chi connectivity index (χ0n) is 12.2. The number of benzene rings is 1. The summed E-state index contributed by atoms with van der Waals surface area (Å²) in [5.74, 6) is 0.0673. The van der Waals surface area contributed by atoms with Gasteiger partial charge in [-0.3, -0.25) is 4.79 Å². The van der Waals surface area contributed by atoms with Crippen LogP contribution in [0.25, 0.3) is 0 Å². The number of halogens is 1. The maximum absolute atomic E-state index is 13.0. The van der Waals surface area contributed by atoms with Crippen LogP contribution in [0.4, 0.5) is 4.39 Å². The summed E-state index contributed by atoms with van der Waals surface area (Å²) in [7, 11) is 0. The Balaban J connectivity index is 1.79. The second-order valence-electron chi connectivity index (χ2n) is 5.69. The highest BCUT2D eigenvalue weighted by Crippen LogP contribution is 2.16. The monoisotopic (exact) mass is 278 g/mol. The van der Waals surface area contributed by atoms with Crippen molar-refractivity contribution in [2.75, 3.05) is 13.1 Å². The van der Waals surface area contributed by atoms with E-state index in [0.717, 1.165) is 36.9 Å². The summed E-state index contributed by atoms with van der Waals surface area (Å²) >= 11 is 0. The zero-order valence-corrected chi connectivity index (χ0v) is 12.2. The molecule has 0 saturated carbocycles. The van der Waals surface area contributed by atoms with Gasteiger partial charge < -0.3 is 10.6 Å². The van der Waals surface area contributed by atoms with E-state index in [1.165, 1.54) is 12.1 Å². The summed E-state index contributed by atoms with van der Waals surface area (Å²) in [6, 6.07) is 5.21. The number of rotatable bonds is 4. The maximum Gasteiger partial charge on any atom is 0.223 e. The first kappa shape index (κ1) is 15.0. The minimum Gasteiger partial charge on any atom is -0.356 e. The Morgan fingerprint density at radius 3 is 3.00 bits per heavy atom. The van der Waals surface area contributed by atoms with Crippen molar-refractivity contribution in [3.8, 4) is 0 Å². The van der Waals surface area contributed by atoms with Crippen LogP contribution in [-0.4, -0.2) is 25.0 Å². The van der Waals surface area contributed by atoms with Crippen LogP contribution >= 0.6 is 0 Å². The topological polar surface area (TPSA) is 41.1 Å². The first-order chi connectivity index (χ1) is 9.56. The summed E-state index contributed by atoms with van der Waals surface area (Å²) in [4.78, 5) is 12.1. The number of amides is 1. The number of hydrogen-bond donors (Lipinski definition) is 2. The Kier molecular flexibility index (Phi) is 5.12. The van der Waals surface area contributed by atoms with Crippen molar-refractivity contribution in [2.24, 2.45) is 5.92 Å². The fourth-order valence-electron chi connectivity index (χ4n) is 2.77. The molecule has 2 rings (SSSR count). The average molecular weight is 278 g/mol. The van der Waals surface area contributed by atoms with Crippen LogP contribution in [0, 0.1) is 18.7 Å². The first-order valence-corrected chi connectivity index (χ1v) is 7.32. The minimum absolute atomic E-state index is 0.126. The fourth-order valence-corrected chi connectivity index (χ4v) is 2.77. The van der Waals surface area contributed by atoms with E-state index in [1.807, 2.05) is 6.92 Å². The second kappa shape index (κ2) is 6.84. The quantitative estimate of drug-likeness (QED) is 0.886. The third-order valence-electron chi connectivity index (χ3n) is 3.99. The molecule has 1 aromatic rings. The van der Waals surface area contributed by atoms with Crippen molar-refractivity contribution in [1.29, 1.82) is 0 Å². The Hall–Kier alpha value is -1.42. The van der Waals surface area contributed by atoms with Crippen molar-refractivity contribution in [2.45, 2.75) is 39.2 Å². The molecule has 1 saturated heterocycles.